The molecule has 4 aliphatic heterocycles. The molecule has 2 bridgehead atoms. The monoisotopic (exact) mass is 956 g/mol. The summed E-state index contributed by atoms with van der Waals surface area (Å²) in [5, 5.41) is 5.25. The summed E-state index contributed by atoms with van der Waals surface area (Å²) in [5.41, 5.74) is -5.49. The minimum atomic E-state index is -6.11. The summed E-state index contributed by atoms with van der Waals surface area (Å²) in [6.07, 6.45) is 2.27. The third-order valence-corrected chi connectivity index (χ3v) is 16.3. The highest BCUT2D eigenvalue weighted by Gasteiger charge is 2.49. The number of amides is 4. The molecule has 0 radical (unpaired) electrons. The molecule has 4 amide bonds. The summed E-state index contributed by atoms with van der Waals surface area (Å²) >= 11 is 1.41. The molecule has 4 aliphatic rings. The first-order valence-electron chi connectivity index (χ1n) is 20.8. The molecule has 0 aromatic heterocycles. The van der Waals surface area contributed by atoms with Crippen molar-refractivity contribution in [1.82, 2.24) is 24.7 Å². The van der Waals surface area contributed by atoms with Crippen LogP contribution < -0.4 is 15.4 Å². The minimum absolute atomic E-state index is 0.0422. The van der Waals surface area contributed by atoms with Crippen LogP contribution in [0.5, 0.6) is 0 Å². The van der Waals surface area contributed by atoms with E-state index in [-0.39, 0.29) is 54.7 Å². The van der Waals surface area contributed by atoms with E-state index in [4.69, 9.17) is 0 Å². The van der Waals surface area contributed by atoms with E-state index in [0.29, 0.717) is 43.4 Å². The summed E-state index contributed by atoms with van der Waals surface area (Å²) in [5.74, 6) is -2.75. The van der Waals surface area contributed by atoms with Crippen LogP contribution in [0.2, 0.25) is 0 Å². The fourth-order valence-electron chi connectivity index (χ4n) is 8.99. The lowest BCUT2D eigenvalue weighted by molar-refractivity contribution is -0.136. The molecule has 4 aromatic rings. The number of carbonyl (C=O) groups excluding carboxylic acids is 4. The largest absolute Gasteiger partial charge is 0.501 e. The molecule has 3 fully saturated rings. The first kappa shape index (κ1) is 46.2. The van der Waals surface area contributed by atoms with Crippen LogP contribution in [0.1, 0.15) is 63.9 Å². The number of sulfone groups is 1. The van der Waals surface area contributed by atoms with Gasteiger partial charge in [0.05, 0.1) is 17.1 Å². The molecule has 3 N–H and O–H groups in total. The molecule has 4 atom stereocenters. The van der Waals surface area contributed by atoms with Gasteiger partial charge >= 0.3 is 5.51 Å². The number of sulfonamides is 1. The van der Waals surface area contributed by atoms with Crippen molar-refractivity contribution in [2.24, 2.45) is 0 Å². The van der Waals surface area contributed by atoms with E-state index in [9.17, 15) is 49.2 Å². The van der Waals surface area contributed by atoms with Gasteiger partial charge in [0.25, 0.3) is 31.7 Å². The van der Waals surface area contributed by atoms with Gasteiger partial charge < -0.3 is 10.2 Å². The maximum absolute atomic E-state index is 16.1. The molecule has 14 nitrogen and oxygen atoms in total. The Morgan fingerprint density at radius 2 is 1.55 bits per heavy atom. The van der Waals surface area contributed by atoms with Crippen molar-refractivity contribution in [3.63, 3.8) is 0 Å². The maximum Gasteiger partial charge on any atom is 0.501 e. The summed E-state index contributed by atoms with van der Waals surface area (Å²) in [6, 6.07) is 20.5. The molecule has 0 saturated carbocycles. The lowest BCUT2D eigenvalue weighted by atomic mass is 10.0. The number of fused-ring (bicyclic) bond motifs is 3. The van der Waals surface area contributed by atoms with Gasteiger partial charge in [0.1, 0.15) is 16.8 Å². The number of imide groups is 1. The maximum atomic E-state index is 16.1. The van der Waals surface area contributed by atoms with Gasteiger partial charge in [-0.25, -0.2) is 25.9 Å². The van der Waals surface area contributed by atoms with E-state index >= 15 is 4.39 Å². The molecule has 21 heteroatoms. The molecule has 0 spiro atoms. The van der Waals surface area contributed by atoms with E-state index < -0.39 is 82.4 Å². The Kier molecular flexibility index (Phi) is 13.1. The standard InChI is InChI=1S/C44H44F4N6O8S3/c45-40-28(11-15-34-35(40)25-54(43(34)58)37-17-18-39(55)50-42(37)57)22-52-23-30-12-13-31(24-52)53(30)20-19-29(26-63-32-9-5-2-6-10-32)49-36-16-14-33(21-38(36)64(59,60)44(46,47)48)65(61,62)51-41(56)27-7-3-1-4-8-27/h1-11,14-16,21,29-31,37,49H,12-13,17-20,22-26H2,(H,51,56)(H,50,55,57)/t29-,30?,31?,37?/m1/s1. The van der Waals surface area contributed by atoms with Gasteiger partial charge in [-0.1, -0.05) is 42.5 Å². The number of hydrogen-bond donors (Lipinski definition) is 3. The average Bonchev–Trinajstić information content (AvgIpc) is 3.73. The van der Waals surface area contributed by atoms with E-state index in [1.165, 1.54) is 40.9 Å². The quantitative estimate of drug-likeness (QED) is 0.0795. The van der Waals surface area contributed by atoms with Crippen LogP contribution in [0, 0.1) is 5.82 Å². The number of benzene rings is 4. The number of alkyl halides is 3. The van der Waals surface area contributed by atoms with Crippen LogP contribution >= 0.6 is 11.8 Å². The Morgan fingerprint density at radius 1 is 0.877 bits per heavy atom. The molecule has 0 aliphatic carbocycles. The van der Waals surface area contributed by atoms with Crippen molar-refractivity contribution < 1.29 is 53.6 Å². The fraction of sp³-hybridized carbons (Fsp3) is 0.364. The lowest BCUT2D eigenvalue weighted by Gasteiger charge is -2.41. The van der Waals surface area contributed by atoms with Crippen LogP contribution in [0.3, 0.4) is 0 Å². The number of likely N-dealkylation sites (tertiary alicyclic amines) is 1. The SMILES string of the molecule is O=C1CCC(N2Cc3c(ccc(CN4CC5CCC(C4)N5CC[C@H](CSc4ccccc4)Nc4ccc(S(=O)(=O)NC(=O)c5ccccc5)cc4S(=O)(=O)C(F)(F)F)c3F)C2=O)C(=O)N1. The van der Waals surface area contributed by atoms with Gasteiger partial charge in [0.15, 0.2) is 0 Å². The fourth-order valence-corrected chi connectivity index (χ4v) is 12.0. The number of piperidine rings is 1. The topological polar surface area (TPSA) is 182 Å². The van der Waals surface area contributed by atoms with Crippen LogP contribution in [-0.2, 0) is 42.5 Å². The zero-order valence-corrected chi connectivity index (χ0v) is 37.0. The molecule has 8 rings (SSSR count). The predicted molar refractivity (Wildman–Crippen MR) is 231 cm³/mol. The lowest BCUT2D eigenvalue weighted by Crippen LogP contribution is -2.54. The third kappa shape index (κ3) is 9.79. The average molecular weight is 957 g/mol. The van der Waals surface area contributed by atoms with Gasteiger partial charge in [-0.3, -0.25) is 34.3 Å². The minimum Gasteiger partial charge on any atom is -0.380 e. The molecular formula is C44H44F4N6O8S3. The van der Waals surface area contributed by atoms with E-state index in [1.54, 1.807) is 22.9 Å². The molecule has 3 unspecified atom stereocenters. The van der Waals surface area contributed by atoms with Gasteiger partial charge in [0.2, 0.25) is 11.8 Å². The van der Waals surface area contributed by atoms with Crippen LogP contribution in [0.25, 0.3) is 0 Å². The Bertz CT molecular complexity index is 2720. The number of piperazine rings is 1. The highest BCUT2D eigenvalue weighted by molar-refractivity contribution is 7.99. The van der Waals surface area contributed by atoms with Crippen molar-refractivity contribution in [1.29, 1.82) is 0 Å². The Labute approximate surface area is 377 Å². The molecule has 344 valence electrons. The number of anilines is 1. The first-order chi connectivity index (χ1) is 30.9. The van der Waals surface area contributed by atoms with Crippen LogP contribution in [0.4, 0.5) is 23.2 Å². The van der Waals surface area contributed by atoms with Gasteiger partial charge in [-0.2, -0.15) is 13.2 Å². The van der Waals surface area contributed by atoms with E-state index in [0.717, 1.165) is 29.9 Å². The molecular weight excluding hydrogens is 913 g/mol. The molecule has 4 heterocycles. The second kappa shape index (κ2) is 18.5. The summed E-state index contributed by atoms with van der Waals surface area (Å²) < 4.78 is 113. The molecule has 4 aromatic carbocycles. The Hall–Kier alpha value is -5.35. The Morgan fingerprint density at radius 3 is 2.22 bits per heavy atom. The highest BCUT2D eigenvalue weighted by atomic mass is 32.2. The Balaban J connectivity index is 0.976. The van der Waals surface area contributed by atoms with Crippen molar-refractivity contribution in [3.8, 4) is 0 Å². The predicted octanol–water partition coefficient (Wildman–Crippen LogP) is 5.31. The second-order valence-corrected chi connectivity index (χ2v) is 21.1. The summed E-state index contributed by atoms with van der Waals surface area (Å²) in [4.78, 5) is 54.6. The molecule has 65 heavy (non-hydrogen) atoms. The van der Waals surface area contributed by atoms with Gasteiger partial charge in [-0.05, 0) is 74.2 Å². The normalized spacial score (nSPS) is 21.0. The third-order valence-electron chi connectivity index (χ3n) is 12.2. The van der Waals surface area contributed by atoms with Gasteiger partial charge in [0, 0.05) is 83.6 Å². The molecule has 3 saturated heterocycles. The number of nitrogens with one attached hydrogen (secondary N) is 3. The number of halogens is 4. The van der Waals surface area contributed by atoms with Crippen LogP contribution in [-0.4, -0.2) is 110 Å². The number of nitrogens with zero attached hydrogens (tertiary/aromatic N) is 3. The van der Waals surface area contributed by atoms with Crippen molar-refractivity contribution in [3.05, 3.63) is 119 Å². The van der Waals surface area contributed by atoms with Crippen molar-refractivity contribution in [2.45, 2.75) is 89.6 Å². The van der Waals surface area contributed by atoms with E-state index in [1.807, 2.05) is 30.3 Å². The highest BCUT2D eigenvalue weighted by Crippen LogP contribution is 2.38. The second-order valence-electron chi connectivity index (χ2n) is 16.4. The van der Waals surface area contributed by atoms with Gasteiger partial charge in [-0.15, -0.1) is 11.8 Å². The number of thioether (sulfide) groups is 1. The van der Waals surface area contributed by atoms with Crippen molar-refractivity contribution in [2.75, 3.05) is 30.7 Å². The number of hydrogen-bond acceptors (Lipinski definition) is 12. The number of rotatable bonds is 15. The van der Waals surface area contributed by atoms with E-state index in [2.05, 4.69) is 20.4 Å². The summed E-state index contributed by atoms with van der Waals surface area (Å²) in [7, 11) is -10.9. The zero-order valence-electron chi connectivity index (χ0n) is 34.6. The smallest absolute Gasteiger partial charge is 0.380 e. The summed E-state index contributed by atoms with van der Waals surface area (Å²) in [6.45, 7) is 1.81. The van der Waals surface area contributed by atoms with Crippen molar-refractivity contribution >= 4 is 60.9 Å². The van der Waals surface area contributed by atoms with Crippen LogP contribution in [0.15, 0.2) is 106 Å². The number of carbonyl (C=O) groups is 4. The first-order valence-corrected chi connectivity index (χ1v) is 24.8. The zero-order chi connectivity index (χ0) is 46.3.